The smallest absolute Gasteiger partial charge is 0.306 e. The second kappa shape index (κ2) is 49.3. The number of carbonyl (C=O) groups excluding carboxylic acids is 3. The molecule has 0 fully saturated rings. The molecule has 0 radical (unpaired) electrons. The van der Waals surface area contributed by atoms with E-state index < -0.39 is 6.10 Å². The maximum Gasteiger partial charge on any atom is 0.306 e. The van der Waals surface area contributed by atoms with Gasteiger partial charge in [0.25, 0.3) is 0 Å². The molecule has 380 valence electrons. The first-order valence-corrected chi connectivity index (χ1v) is 28.6. The van der Waals surface area contributed by atoms with E-state index in [-0.39, 0.29) is 31.1 Å². The SMILES string of the molecule is CCC(C)CCCCCCCCCCCCCCCCCCCCC(=O)OC[C@@H](COC(=O)CCCCCCCCCCC(C)C)OC(=O)CCCCCCCCCCCCC(C)C. The highest BCUT2D eigenvalue weighted by Gasteiger charge is 2.19. The van der Waals surface area contributed by atoms with Gasteiger partial charge in [0, 0.05) is 19.3 Å². The van der Waals surface area contributed by atoms with Crippen LogP contribution in [0.15, 0.2) is 0 Å². The molecule has 0 spiro atoms. The molecule has 0 saturated carbocycles. The first-order valence-electron chi connectivity index (χ1n) is 28.6. The third-order valence-electron chi connectivity index (χ3n) is 13.5. The Labute approximate surface area is 399 Å². The monoisotopic (exact) mass is 905 g/mol. The predicted octanol–water partition coefficient (Wildman–Crippen LogP) is 18.7. The van der Waals surface area contributed by atoms with Crippen molar-refractivity contribution < 1.29 is 28.6 Å². The highest BCUT2D eigenvalue weighted by atomic mass is 16.6. The molecule has 0 rings (SSSR count). The molecule has 1 unspecified atom stereocenters. The summed E-state index contributed by atoms with van der Waals surface area (Å²) < 4.78 is 16.9. The molecular formula is C58H112O6. The van der Waals surface area contributed by atoms with Crippen molar-refractivity contribution in [1.82, 2.24) is 0 Å². The van der Waals surface area contributed by atoms with Gasteiger partial charge in [-0.05, 0) is 37.0 Å². The van der Waals surface area contributed by atoms with E-state index in [0.717, 1.165) is 75.5 Å². The summed E-state index contributed by atoms with van der Waals surface area (Å²) in [5.74, 6) is 1.67. The lowest BCUT2D eigenvalue weighted by Gasteiger charge is -2.18. The van der Waals surface area contributed by atoms with Crippen LogP contribution in [0.2, 0.25) is 0 Å². The fourth-order valence-electron chi connectivity index (χ4n) is 8.79. The molecule has 0 aromatic rings. The highest BCUT2D eigenvalue weighted by Crippen LogP contribution is 2.19. The number of esters is 3. The minimum atomic E-state index is -0.763. The van der Waals surface area contributed by atoms with Gasteiger partial charge in [0.15, 0.2) is 6.10 Å². The molecule has 0 saturated heterocycles. The molecule has 0 aliphatic rings. The summed E-state index contributed by atoms with van der Waals surface area (Å²) in [4.78, 5) is 38.0. The van der Waals surface area contributed by atoms with Gasteiger partial charge >= 0.3 is 17.9 Å². The van der Waals surface area contributed by atoms with Crippen LogP contribution >= 0.6 is 0 Å². The quantitative estimate of drug-likeness (QED) is 0.0344. The van der Waals surface area contributed by atoms with E-state index in [1.54, 1.807) is 0 Å². The Kier molecular flexibility index (Phi) is 48.1. The second-order valence-corrected chi connectivity index (χ2v) is 21.1. The van der Waals surface area contributed by atoms with Gasteiger partial charge in [-0.1, -0.05) is 279 Å². The van der Waals surface area contributed by atoms with E-state index in [1.165, 1.54) is 199 Å². The maximum absolute atomic E-state index is 12.8. The molecular weight excluding hydrogens is 793 g/mol. The Hall–Kier alpha value is -1.59. The Bertz CT molecular complexity index is 993. The summed E-state index contributed by atoms with van der Waals surface area (Å²) in [6, 6.07) is 0. The molecule has 0 N–H and O–H groups in total. The normalized spacial score (nSPS) is 12.6. The van der Waals surface area contributed by atoms with Gasteiger partial charge in [-0.2, -0.15) is 0 Å². The van der Waals surface area contributed by atoms with Gasteiger partial charge < -0.3 is 14.2 Å². The molecule has 0 amide bonds. The molecule has 0 aromatic carbocycles. The summed E-state index contributed by atoms with van der Waals surface area (Å²) in [5.41, 5.74) is 0. The third-order valence-corrected chi connectivity index (χ3v) is 13.5. The molecule has 0 heterocycles. The van der Waals surface area contributed by atoms with Gasteiger partial charge in [-0.3, -0.25) is 14.4 Å². The van der Waals surface area contributed by atoms with Crippen molar-refractivity contribution in [2.24, 2.45) is 17.8 Å². The molecule has 0 aliphatic carbocycles. The zero-order chi connectivity index (χ0) is 47.0. The summed E-state index contributed by atoms with van der Waals surface area (Å²) in [6.45, 7) is 13.8. The van der Waals surface area contributed by atoms with E-state index in [9.17, 15) is 14.4 Å². The zero-order valence-electron chi connectivity index (χ0n) is 44.1. The van der Waals surface area contributed by atoms with E-state index in [0.29, 0.717) is 19.3 Å². The van der Waals surface area contributed by atoms with Crippen molar-refractivity contribution in [3.63, 3.8) is 0 Å². The first kappa shape index (κ1) is 62.4. The standard InChI is InChI=1S/C58H112O6/c1-7-54(6)46-40-34-28-21-16-14-12-10-8-9-11-13-15-17-22-29-35-41-47-56(59)62-50-55(51-63-57(60)48-42-36-30-25-24-27-33-39-45-53(4)5)64-58(61)49-43-37-31-23-19-18-20-26-32-38-44-52(2)3/h52-55H,7-51H2,1-6H3/t54?,55-/m0/s1. The van der Waals surface area contributed by atoms with Crippen LogP contribution in [0.4, 0.5) is 0 Å². The van der Waals surface area contributed by atoms with Crippen LogP contribution in [0.3, 0.4) is 0 Å². The molecule has 64 heavy (non-hydrogen) atoms. The Balaban J connectivity index is 4.20. The fraction of sp³-hybridized carbons (Fsp3) is 0.948. The average Bonchev–Trinajstić information content (AvgIpc) is 3.27. The number of hydrogen-bond acceptors (Lipinski definition) is 6. The van der Waals surface area contributed by atoms with Crippen molar-refractivity contribution in [2.75, 3.05) is 13.2 Å². The van der Waals surface area contributed by atoms with Gasteiger partial charge in [-0.15, -0.1) is 0 Å². The molecule has 0 bridgehead atoms. The fourth-order valence-corrected chi connectivity index (χ4v) is 8.79. The topological polar surface area (TPSA) is 78.9 Å². The molecule has 0 aliphatic heterocycles. The van der Waals surface area contributed by atoms with Crippen molar-refractivity contribution in [3.05, 3.63) is 0 Å². The molecule has 6 heteroatoms. The van der Waals surface area contributed by atoms with Gasteiger partial charge in [0.2, 0.25) is 0 Å². The number of ether oxygens (including phenoxy) is 3. The van der Waals surface area contributed by atoms with Crippen LogP contribution < -0.4 is 0 Å². The van der Waals surface area contributed by atoms with E-state index >= 15 is 0 Å². The van der Waals surface area contributed by atoms with Crippen molar-refractivity contribution >= 4 is 17.9 Å². The zero-order valence-corrected chi connectivity index (χ0v) is 44.1. The van der Waals surface area contributed by atoms with Gasteiger partial charge in [0.05, 0.1) is 0 Å². The summed E-state index contributed by atoms with van der Waals surface area (Å²) >= 11 is 0. The molecule has 0 aromatic heterocycles. The summed E-state index contributed by atoms with van der Waals surface area (Å²) in [7, 11) is 0. The lowest BCUT2D eigenvalue weighted by atomic mass is 9.99. The Morgan fingerprint density at radius 1 is 0.312 bits per heavy atom. The van der Waals surface area contributed by atoms with Crippen LogP contribution in [0.25, 0.3) is 0 Å². The van der Waals surface area contributed by atoms with Crippen LogP contribution in [-0.2, 0) is 28.6 Å². The summed E-state index contributed by atoms with van der Waals surface area (Å²) in [5, 5.41) is 0. The lowest BCUT2D eigenvalue weighted by Crippen LogP contribution is -2.30. The average molecular weight is 906 g/mol. The van der Waals surface area contributed by atoms with Gasteiger partial charge in [0.1, 0.15) is 13.2 Å². The maximum atomic E-state index is 12.8. The Morgan fingerprint density at radius 2 is 0.547 bits per heavy atom. The van der Waals surface area contributed by atoms with Crippen LogP contribution in [-0.4, -0.2) is 37.2 Å². The summed E-state index contributed by atoms with van der Waals surface area (Å²) in [6.07, 6.45) is 51.0. The van der Waals surface area contributed by atoms with E-state index in [1.807, 2.05) is 0 Å². The van der Waals surface area contributed by atoms with Crippen LogP contribution in [0.5, 0.6) is 0 Å². The molecule has 2 atom stereocenters. The predicted molar refractivity (Wildman–Crippen MR) is 275 cm³/mol. The van der Waals surface area contributed by atoms with Crippen molar-refractivity contribution in [3.8, 4) is 0 Å². The number of rotatable bonds is 51. The van der Waals surface area contributed by atoms with Crippen LogP contribution in [0.1, 0.15) is 318 Å². The third kappa shape index (κ3) is 49.8. The minimum absolute atomic E-state index is 0.0643. The lowest BCUT2D eigenvalue weighted by molar-refractivity contribution is -0.167. The number of carbonyl (C=O) groups is 3. The first-order chi connectivity index (χ1) is 31.1. The second-order valence-electron chi connectivity index (χ2n) is 21.1. The largest absolute Gasteiger partial charge is 0.462 e. The number of hydrogen-bond donors (Lipinski definition) is 0. The van der Waals surface area contributed by atoms with Crippen LogP contribution in [0, 0.1) is 17.8 Å². The van der Waals surface area contributed by atoms with Gasteiger partial charge in [-0.25, -0.2) is 0 Å². The minimum Gasteiger partial charge on any atom is -0.462 e. The highest BCUT2D eigenvalue weighted by molar-refractivity contribution is 5.71. The molecule has 6 nitrogen and oxygen atoms in total. The van der Waals surface area contributed by atoms with E-state index in [4.69, 9.17) is 14.2 Å². The van der Waals surface area contributed by atoms with Crippen molar-refractivity contribution in [2.45, 2.75) is 324 Å². The van der Waals surface area contributed by atoms with Crippen molar-refractivity contribution in [1.29, 1.82) is 0 Å². The Morgan fingerprint density at radius 3 is 0.812 bits per heavy atom. The van der Waals surface area contributed by atoms with E-state index in [2.05, 4.69) is 41.5 Å². The number of unbranched alkanes of at least 4 members (excludes halogenated alkanes) is 33.